The number of hydrogen-bond acceptors (Lipinski definition) is 4. The summed E-state index contributed by atoms with van der Waals surface area (Å²) in [5, 5.41) is 7.24. The quantitative estimate of drug-likeness (QED) is 0.870. The van der Waals surface area contributed by atoms with Crippen LogP contribution in [0.3, 0.4) is 0 Å². The van der Waals surface area contributed by atoms with Gasteiger partial charge in [0.1, 0.15) is 5.69 Å². The monoisotopic (exact) mass is 263 g/mol. The highest BCUT2D eigenvalue weighted by Gasteiger charge is 2.13. The predicted molar refractivity (Wildman–Crippen MR) is 72.3 cm³/mol. The summed E-state index contributed by atoms with van der Waals surface area (Å²) in [5.41, 5.74) is 0.973. The molecule has 0 saturated heterocycles. The SMILES string of the molecule is CCCNc1ncc(F)c(-c2ccnn2CCC)n1. The first kappa shape index (κ1) is 13.5. The Morgan fingerprint density at radius 2 is 2.16 bits per heavy atom. The molecule has 0 radical (unpaired) electrons. The maximum absolute atomic E-state index is 13.9. The van der Waals surface area contributed by atoms with E-state index in [-0.39, 0.29) is 0 Å². The Morgan fingerprint density at radius 3 is 2.89 bits per heavy atom. The van der Waals surface area contributed by atoms with E-state index in [1.165, 1.54) is 6.20 Å². The van der Waals surface area contributed by atoms with Gasteiger partial charge in [0.05, 0.1) is 11.9 Å². The van der Waals surface area contributed by atoms with Crippen molar-refractivity contribution < 1.29 is 4.39 Å². The minimum Gasteiger partial charge on any atom is -0.354 e. The summed E-state index contributed by atoms with van der Waals surface area (Å²) >= 11 is 0. The van der Waals surface area contributed by atoms with Crippen molar-refractivity contribution in [2.45, 2.75) is 33.2 Å². The van der Waals surface area contributed by atoms with Gasteiger partial charge in [-0.25, -0.2) is 14.4 Å². The van der Waals surface area contributed by atoms with Crippen molar-refractivity contribution in [3.63, 3.8) is 0 Å². The summed E-state index contributed by atoms with van der Waals surface area (Å²) in [5.74, 6) is 0.0161. The topological polar surface area (TPSA) is 55.6 Å². The average Bonchev–Trinajstić information content (AvgIpc) is 2.86. The molecule has 1 N–H and O–H groups in total. The molecule has 0 saturated carbocycles. The van der Waals surface area contributed by atoms with Gasteiger partial charge in [0, 0.05) is 19.3 Å². The summed E-state index contributed by atoms with van der Waals surface area (Å²) in [7, 11) is 0. The van der Waals surface area contributed by atoms with E-state index in [0.717, 1.165) is 25.9 Å². The summed E-state index contributed by atoms with van der Waals surface area (Å²) < 4.78 is 15.6. The van der Waals surface area contributed by atoms with E-state index < -0.39 is 5.82 Å². The number of nitrogens with one attached hydrogen (secondary N) is 1. The van der Waals surface area contributed by atoms with Crippen LogP contribution in [0.1, 0.15) is 26.7 Å². The number of aryl methyl sites for hydroxylation is 1. The molecule has 0 unspecified atom stereocenters. The second kappa shape index (κ2) is 6.26. The molecule has 0 aliphatic heterocycles. The Bertz CT molecular complexity index is 538. The van der Waals surface area contributed by atoms with Crippen LogP contribution in [-0.4, -0.2) is 26.3 Å². The maximum atomic E-state index is 13.9. The minimum absolute atomic E-state index is 0.291. The molecule has 0 fully saturated rings. The molecule has 5 nitrogen and oxygen atoms in total. The van der Waals surface area contributed by atoms with Crippen molar-refractivity contribution >= 4 is 5.95 Å². The standard InChI is InChI=1S/C13H18FN5/c1-3-6-15-13-16-9-10(14)12(18-13)11-5-7-17-19(11)8-4-2/h5,7,9H,3-4,6,8H2,1-2H3,(H,15,16,18). The van der Waals surface area contributed by atoms with Crippen LogP contribution < -0.4 is 5.32 Å². The molecule has 0 spiro atoms. The molecule has 0 atom stereocenters. The van der Waals surface area contributed by atoms with Crippen LogP contribution in [0.15, 0.2) is 18.5 Å². The molecule has 0 aromatic carbocycles. The zero-order valence-corrected chi connectivity index (χ0v) is 11.2. The molecule has 0 amide bonds. The second-order valence-corrected chi connectivity index (χ2v) is 4.26. The molecule has 0 bridgehead atoms. The van der Waals surface area contributed by atoms with Crippen LogP contribution in [0.5, 0.6) is 0 Å². The van der Waals surface area contributed by atoms with Crippen LogP contribution in [-0.2, 0) is 6.54 Å². The second-order valence-electron chi connectivity index (χ2n) is 4.26. The molecule has 2 aromatic rings. The van der Waals surface area contributed by atoms with Crippen LogP contribution in [0.4, 0.5) is 10.3 Å². The first-order valence-electron chi connectivity index (χ1n) is 6.54. The molecule has 2 heterocycles. The van der Waals surface area contributed by atoms with E-state index in [0.29, 0.717) is 17.3 Å². The Hall–Kier alpha value is -1.98. The highest BCUT2D eigenvalue weighted by molar-refractivity contribution is 5.56. The third-order valence-corrected chi connectivity index (χ3v) is 2.67. The maximum Gasteiger partial charge on any atom is 0.223 e. The van der Waals surface area contributed by atoms with Crippen molar-refractivity contribution in [1.82, 2.24) is 19.7 Å². The van der Waals surface area contributed by atoms with E-state index in [1.54, 1.807) is 16.9 Å². The van der Waals surface area contributed by atoms with Gasteiger partial charge in [-0.1, -0.05) is 13.8 Å². The predicted octanol–water partition coefficient (Wildman–Crippen LogP) is 2.71. The van der Waals surface area contributed by atoms with Crippen LogP contribution in [0, 0.1) is 5.82 Å². The number of rotatable bonds is 6. The molecule has 0 aliphatic carbocycles. The number of halogens is 1. The van der Waals surface area contributed by atoms with Gasteiger partial charge >= 0.3 is 0 Å². The molecule has 2 aromatic heterocycles. The van der Waals surface area contributed by atoms with Crippen molar-refractivity contribution in [3.8, 4) is 11.4 Å². The summed E-state index contributed by atoms with van der Waals surface area (Å²) in [6, 6.07) is 1.77. The van der Waals surface area contributed by atoms with Gasteiger partial charge in [-0.2, -0.15) is 5.10 Å². The summed E-state index contributed by atoms with van der Waals surface area (Å²) in [6.45, 7) is 5.60. The summed E-state index contributed by atoms with van der Waals surface area (Å²) in [6.07, 6.45) is 4.75. The van der Waals surface area contributed by atoms with Gasteiger partial charge in [0.2, 0.25) is 5.95 Å². The molecule has 19 heavy (non-hydrogen) atoms. The summed E-state index contributed by atoms with van der Waals surface area (Å²) in [4.78, 5) is 8.17. The van der Waals surface area contributed by atoms with Gasteiger partial charge in [0.15, 0.2) is 5.82 Å². The van der Waals surface area contributed by atoms with Crippen molar-refractivity contribution in [2.24, 2.45) is 0 Å². The Balaban J connectivity index is 2.34. The van der Waals surface area contributed by atoms with Crippen molar-refractivity contribution in [2.75, 3.05) is 11.9 Å². The third-order valence-electron chi connectivity index (χ3n) is 2.67. The van der Waals surface area contributed by atoms with Crippen LogP contribution >= 0.6 is 0 Å². The molecule has 6 heteroatoms. The fourth-order valence-corrected chi connectivity index (χ4v) is 1.79. The van der Waals surface area contributed by atoms with E-state index in [2.05, 4.69) is 27.3 Å². The largest absolute Gasteiger partial charge is 0.354 e. The average molecular weight is 263 g/mol. The van der Waals surface area contributed by atoms with E-state index in [1.807, 2.05) is 6.92 Å². The van der Waals surface area contributed by atoms with Gasteiger partial charge in [-0.15, -0.1) is 0 Å². The number of nitrogens with zero attached hydrogens (tertiary/aromatic N) is 4. The van der Waals surface area contributed by atoms with Crippen molar-refractivity contribution in [3.05, 3.63) is 24.3 Å². The number of aromatic nitrogens is 4. The van der Waals surface area contributed by atoms with E-state index in [9.17, 15) is 4.39 Å². The van der Waals surface area contributed by atoms with Gasteiger partial charge in [0.25, 0.3) is 0 Å². The lowest BCUT2D eigenvalue weighted by Gasteiger charge is -2.08. The number of hydrogen-bond donors (Lipinski definition) is 1. The van der Waals surface area contributed by atoms with E-state index in [4.69, 9.17) is 0 Å². The molecule has 102 valence electrons. The molecule has 2 rings (SSSR count). The fourth-order valence-electron chi connectivity index (χ4n) is 1.79. The zero-order chi connectivity index (χ0) is 13.7. The first-order chi connectivity index (χ1) is 9.26. The zero-order valence-electron chi connectivity index (χ0n) is 11.2. The van der Waals surface area contributed by atoms with Gasteiger partial charge in [-0.05, 0) is 18.9 Å². The lowest BCUT2D eigenvalue weighted by atomic mass is 10.3. The smallest absolute Gasteiger partial charge is 0.223 e. The van der Waals surface area contributed by atoms with Crippen LogP contribution in [0.2, 0.25) is 0 Å². The van der Waals surface area contributed by atoms with Gasteiger partial charge in [-0.3, -0.25) is 4.68 Å². The Morgan fingerprint density at radius 1 is 1.32 bits per heavy atom. The van der Waals surface area contributed by atoms with Crippen LogP contribution in [0.25, 0.3) is 11.4 Å². The van der Waals surface area contributed by atoms with Crippen molar-refractivity contribution in [1.29, 1.82) is 0 Å². The lowest BCUT2D eigenvalue weighted by molar-refractivity contribution is 0.591. The van der Waals surface area contributed by atoms with Gasteiger partial charge < -0.3 is 5.32 Å². The molecule has 0 aliphatic rings. The Kier molecular flexibility index (Phi) is 4.43. The first-order valence-corrected chi connectivity index (χ1v) is 6.54. The van der Waals surface area contributed by atoms with E-state index >= 15 is 0 Å². The number of anilines is 1. The molecular formula is C13H18FN5. The lowest BCUT2D eigenvalue weighted by Crippen LogP contribution is -2.08. The normalized spacial score (nSPS) is 10.7. The third kappa shape index (κ3) is 3.07. The highest BCUT2D eigenvalue weighted by atomic mass is 19.1. The molecular weight excluding hydrogens is 245 g/mol. The Labute approximate surface area is 111 Å². The fraction of sp³-hybridized carbons (Fsp3) is 0.462. The highest BCUT2D eigenvalue weighted by Crippen LogP contribution is 2.21. The minimum atomic E-state index is -0.431.